The van der Waals surface area contributed by atoms with Crippen molar-refractivity contribution in [3.05, 3.63) is 34.9 Å². The molecule has 0 bridgehead atoms. The van der Waals surface area contributed by atoms with Crippen LogP contribution in [0.4, 0.5) is 0 Å². The molecule has 2 heterocycles. The van der Waals surface area contributed by atoms with E-state index in [1.807, 2.05) is 0 Å². The Bertz CT molecular complexity index is 701. The van der Waals surface area contributed by atoms with Crippen molar-refractivity contribution < 1.29 is 14.1 Å². The number of hydrogen-bond acceptors (Lipinski definition) is 2. The van der Waals surface area contributed by atoms with Crippen molar-refractivity contribution in [2.24, 2.45) is 5.92 Å². The second-order valence-corrected chi connectivity index (χ2v) is 9.39. The average molecular weight is 400 g/mol. The van der Waals surface area contributed by atoms with Gasteiger partial charge in [0.25, 0.3) is 0 Å². The van der Waals surface area contributed by atoms with Gasteiger partial charge in [0.15, 0.2) is 5.78 Å². The summed E-state index contributed by atoms with van der Waals surface area (Å²) in [5, 5.41) is 0. The molecule has 0 aromatic heterocycles. The fourth-order valence-corrected chi connectivity index (χ4v) is 5.37. The van der Waals surface area contributed by atoms with Gasteiger partial charge in [0.2, 0.25) is 5.91 Å². The van der Waals surface area contributed by atoms with Gasteiger partial charge >= 0.3 is 0 Å². The molecule has 2 unspecified atom stereocenters. The van der Waals surface area contributed by atoms with E-state index in [2.05, 4.69) is 43.9 Å². The Labute approximate surface area is 176 Å². The van der Waals surface area contributed by atoms with Gasteiger partial charge in [0.1, 0.15) is 6.54 Å². The quantitative estimate of drug-likeness (QED) is 0.677. The normalized spacial score (nSPS) is 25.5. The van der Waals surface area contributed by atoms with Crippen molar-refractivity contribution in [1.29, 1.82) is 0 Å². The molecule has 2 fully saturated rings. The molecule has 0 saturated carbocycles. The van der Waals surface area contributed by atoms with Gasteiger partial charge in [0, 0.05) is 19.5 Å². The summed E-state index contributed by atoms with van der Waals surface area (Å²) in [4.78, 5) is 28.4. The topological polar surface area (TPSA) is 37.4 Å². The number of quaternary nitrogens is 1. The number of piperidine rings is 1. The summed E-state index contributed by atoms with van der Waals surface area (Å²) in [6.07, 6.45) is 7.33. The Balaban J connectivity index is 1.66. The van der Waals surface area contributed by atoms with Crippen LogP contribution in [0.5, 0.6) is 0 Å². The van der Waals surface area contributed by atoms with Gasteiger partial charge < -0.3 is 9.38 Å². The third kappa shape index (κ3) is 5.48. The van der Waals surface area contributed by atoms with Crippen molar-refractivity contribution in [2.75, 3.05) is 39.3 Å². The Morgan fingerprint density at radius 2 is 1.69 bits per heavy atom. The predicted octanol–water partition coefficient (Wildman–Crippen LogP) is 4.06. The molecule has 1 aromatic rings. The number of hydrogen-bond donors (Lipinski definition) is 0. The first-order chi connectivity index (χ1) is 13.9. The lowest BCUT2D eigenvalue weighted by Crippen LogP contribution is -2.59. The molecule has 2 saturated heterocycles. The van der Waals surface area contributed by atoms with Crippen LogP contribution in [0.25, 0.3) is 0 Å². The first kappa shape index (κ1) is 22.0. The second kappa shape index (κ2) is 9.88. The number of ketones is 1. The maximum atomic E-state index is 13.2. The number of likely N-dealkylation sites (tertiary alicyclic amines) is 2. The molecule has 2 aliphatic heterocycles. The van der Waals surface area contributed by atoms with E-state index in [0.29, 0.717) is 24.7 Å². The Morgan fingerprint density at radius 1 is 1.03 bits per heavy atom. The first-order valence-corrected chi connectivity index (χ1v) is 11.6. The van der Waals surface area contributed by atoms with E-state index in [1.54, 1.807) is 0 Å². The maximum Gasteiger partial charge on any atom is 0.231 e. The lowest BCUT2D eigenvalue weighted by atomic mass is 9.92. The Morgan fingerprint density at radius 3 is 2.31 bits per heavy atom. The van der Waals surface area contributed by atoms with E-state index < -0.39 is 0 Å². The van der Waals surface area contributed by atoms with E-state index in [1.165, 1.54) is 29.5 Å². The summed E-state index contributed by atoms with van der Waals surface area (Å²) in [7, 11) is 0. The predicted molar refractivity (Wildman–Crippen MR) is 118 cm³/mol. The van der Waals surface area contributed by atoms with Crippen LogP contribution in [-0.4, -0.2) is 60.3 Å². The molecule has 4 nitrogen and oxygen atoms in total. The monoisotopic (exact) mass is 399 g/mol. The summed E-state index contributed by atoms with van der Waals surface area (Å²) < 4.78 is 0.786. The minimum absolute atomic E-state index is 0.0924. The van der Waals surface area contributed by atoms with Crippen LogP contribution in [0.15, 0.2) is 18.2 Å². The number of carbonyl (C=O) groups is 2. The molecule has 1 amide bonds. The van der Waals surface area contributed by atoms with Crippen molar-refractivity contribution in [3.8, 4) is 0 Å². The number of likely N-dealkylation sites (N-methyl/N-ethyl adjacent to an activating group) is 1. The van der Waals surface area contributed by atoms with Crippen LogP contribution in [0.3, 0.4) is 0 Å². The van der Waals surface area contributed by atoms with E-state index in [4.69, 9.17) is 0 Å². The minimum Gasteiger partial charge on any atom is -0.342 e. The molecule has 0 N–H and O–H groups in total. The van der Waals surface area contributed by atoms with Crippen molar-refractivity contribution in [1.82, 2.24) is 4.90 Å². The van der Waals surface area contributed by atoms with Crippen LogP contribution in [-0.2, 0) is 16.0 Å². The van der Waals surface area contributed by atoms with Crippen LogP contribution >= 0.6 is 0 Å². The van der Waals surface area contributed by atoms with Gasteiger partial charge in [-0.1, -0.05) is 31.0 Å². The summed E-state index contributed by atoms with van der Waals surface area (Å²) >= 11 is 0. The van der Waals surface area contributed by atoms with E-state index in [0.717, 1.165) is 62.9 Å². The van der Waals surface area contributed by atoms with Gasteiger partial charge in [0.05, 0.1) is 25.6 Å². The summed E-state index contributed by atoms with van der Waals surface area (Å²) in [6.45, 7) is 11.6. The smallest absolute Gasteiger partial charge is 0.231 e. The number of aryl methyl sites for hydroxylation is 2. The zero-order chi connectivity index (χ0) is 20.9. The van der Waals surface area contributed by atoms with Gasteiger partial charge in [-0.15, -0.1) is 0 Å². The zero-order valence-corrected chi connectivity index (χ0v) is 18.7. The molecule has 0 aliphatic carbocycles. The zero-order valence-electron chi connectivity index (χ0n) is 18.7. The Kier molecular flexibility index (Phi) is 7.50. The average Bonchev–Trinajstić information content (AvgIpc) is 3.00. The molecule has 1 aromatic carbocycles. The van der Waals surface area contributed by atoms with Gasteiger partial charge in [-0.2, -0.15) is 0 Å². The second-order valence-electron chi connectivity index (χ2n) is 9.39. The van der Waals surface area contributed by atoms with Crippen LogP contribution in [0.1, 0.15) is 62.1 Å². The lowest BCUT2D eigenvalue weighted by molar-refractivity contribution is -0.925. The minimum atomic E-state index is 0.0924. The highest BCUT2D eigenvalue weighted by Crippen LogP contribution is 2.27. The van der Waals surface area contributed by atoms with Crippen molar-refractivity contribution in [3.63, 3.8) is 0 Å². The van der Waals surface area contributed by atoms with Crippen LogP contribution in [0.2, 0.25) is 0 Å². The van der Waals surface area contributed by atoms with Gasteiger partial charge in [-0.3, -0.25) is 9.59 Å². The van der Waals surface area contributed by atoms with E-state index in [-0.39, 0.29) is 5.92 Å². The molecule has 29 heavy (non-hydrogen) atoms. The van der Waals surface area contributed by atoms with Crippen molar-refractivity contribution in [2.45, 2.75) is 65.7 Å². The summed E-state index contributed by atoms with van der Waals surface area (Å²) in [5.74, 6) is 0.756. The molecule has 2 aliphatic rings. The van der Waals surface area contributed by atoms with Gasteiger partial charge in [-0.05, 0) is 63.1 Å². The molecule has 0 spiro atoms. The molecule has 3 rings (SSSR count). The van der Waals surface area contributed by atoms with Crippen LogP contribution in [0, 0.1) is 19.8 Å². The highest BCUT2D eigenvalue weighted by atomic mass is 16.2. The third-order valence-electron chi connectivity index (χ3n) is 7.26. The number of nitrogens with zero attached hydrogens (tertiary/aromatic N) is 2. The standard InChI is InChI=1S/C25H39N2O2/c1-4-27(19-23(28)17-24-20(2)11-9-12-21(24)3)16-10-13-22(18-27)25(29)26-14-7-5-6-8-15-26/h9,11-12,22H,4-8,10,13-19H2,1-3H3/q+1. The van der Waals surface area contributed by atoms with E-state index >= 15 is 0 Å². The molecule has 4 heteroatoms. The summed E-state index contributed by atoms with van der Waals surface area (Å²) in [5.41, 5.74) is 3.59. The first-order valence-electron chi connectivity index (χ1n) is 11.6. The third-order valence-corrected chi connectivity index (χ3v) is 7.26. The maximum absolute atomic E-state index is 13.2. The number of amides is 1. The van der Waals surface area contributed by atoms with Crippen molar-refractivity contribution >= 4 is 11.7 Å². The molecule has 0 radical (unpaired) electrons. The number of rotatable bonds is 6. The van der Waals surface area contributed by atoms with E-state index in [9.17, 15) is 9.59 Å². The fraction of sp³-hybridized carbons (Fsp3) is 0.680. The van der Waals surface area contributed by atoms with Crippen LogP contribution < -0.4 is 0 Å². The summed E-state index contributed by atoms with van der Waals surface area (Å²) in [6, 6.07) is 6.25. The SMILES string of the molecule is CC[N+]1(CC(=O)Cc2c(C)cccc2C)CCCC(C(=O)N2CCCCCC2)C1. The Hall–Kier alpha value is -1.68. The largest absolute Gasteiger partial charge is 0.342 e. The lowest BCUT2D eigenvalue weighted by Gasteiger charge is -2.44. The fourth-order valence-electron chi connectivity index (χ4n) is 5.37. The highest BCUT2D eigenvalue weighted by molar-refractivity contribution is 5.83. The highest BCUT2D eigenvalue weighted by Gasteiger charge is 2.39. The molecular weight excluding hydrogens is 360 g/mol. The molecular formula is C25H39N2O2+. The molecule has 160 valence electrons. The van der Waals surface area contributed by atoms with Gasteiger partial charge in [-0.25, -0.2) is 0 Å². The number of benzene rings is 1. The molecule has 2 atom stereocenters. The number of carbonyl (C=O) groups excluding carboxylic acids is 2. The number of Topliss-reactive ketones (excluding diaryl/α,β-unsaturated/α-hetero) is 1.